The van der Waals surface area contributed by atoms with E-state index in [9.17, 15) is 0 Å². The van der Waals surface area contributed by atoms with Gasteiger partial charge >= 0.3 is 0 Å². The Balaban J connectivity index is 2.85. The van der Waals surface area contributed by atoms with Crippen LogP contribution in [0.15, 0.2) is 31.1 Å². The Kier molecular flexibility index (Phi) is 5.70. The van der Waals surface area contributed by atoms with Gasteiger partial charge in [0.05, 0.1) is 0 Å². The van der Waals surface area contributed by atoms with Crippen LogP contribution in [0.2, 0.25) is 0 Å². The van der Waals surface area contributed by atoms with E-state index in [4.69, 9.17) is 0 Å². The fourth-order valence-corrected chi connectivity index (χ4v) is 1.73. The van der Waals surface area contributed by atoms with E-state index in [0.717, 1.165) is 19.6 Å². The molecule has 0 bridgehead atoms. The normalized spacial score (nSPS) is 10.6. The van der Waals surface area contributed by atoms with Crippen LogP contribution in [0.5, 0.6) is 0 Å². The summed E-state index contributed by atoms with van der Waals surface area (Å²) < 4.78 is 0. The van der Waals surface area contributed by atoms with Gasteiger partial charge in [0.1, 0.15) is 0 Å². The summed E-state index contributed by atoms with van der Waals surface area (Å²) in [6.07, 6.45) is 5.72. The van der Waals surface area contributed by atoms with E-state index < -0.39 is 0 Å². The Hall–Kier alpha value is -1.35. The molecule has 0 aliphatic carbocycles. The van der Waals surface area contributed by atoms with E-state index in [1.807, 2.05) is 18.5 Å². The molecule has 0 fully saturated rings. The first-order valence-electron chi connectivity index (χ1n) is 6.21. The van der Waals surface area contributed by atoms with E-state index in [-0.39, 0.29) is 0 Å². The third kappa shape index (κ3) is 4.19. The van der Waals surface area contributed by atoms with Crippen molar-refractivity contribution in [2.24, 2.45) is 0 Å². The number of nitrogens with one attached hydrogen (secondary N) is 1. The number of nitrogens with zero attached hydrogens (tertiary/aromatic N) is 2. The quantitative estimate of drug-likeness (QED) is 0.734. The van der Waals surface area contributed by atoms with Crippen molar-refractivity contribution in [3.05, 3.63) is 36.7 Å². The monoisotopic (exact) mass is 233 g/mol. The zero-order chi connectivity index (χ0) is 12.7. The van der Waals surface area contributed by atoms with Crippen LogP contribution in [0.1, 0.15) is 26.3 Å². The van der Waals surface area contributed by atoms with E-state index in [1.54, 1.807) is 0 Å². The first kappa shape index (κ1) is 13.7. The van der Waals surface area contributed by atoms with Crippen molar-refractivity contribution in [1.29, 1.82) is 0 Å². The lowest BCUT2D eigenvalue weighted by Gasteiger charge is -2.24. The second kappa shape index (κ2) is 7.07. The van der Waals surface area contributed by atoms with Crippen LogP contribution in [0, 0.1) is 0 Å². The molecule has 0 atom stereocenters. The Bertz CT molecular complexity index is 347. The first-order valence-corrected chi connectivity index (χ1v) is 6.21. The predicted molar refractivity (Wildman–Crippen MR) is 74.3 cm³/mol. The topological polar surface area (TPSA) is 28.2 Å². The minimum absolute atomic E-state index is 0.484. The zero-order valence-corrected chi connectivity index (χ0v) is 11.1. The molecule has 0 saturated heterocycles. The average molecular weight is 233 g/mol. The molecule has 0 amide bonds. The number of likely N-dealkylation sites (N-methyl/N-ethyl adjacent to an activating group) is 1. The van der Waals surface area contributed by atoms with E-state index >= 15 is 0 Å². The van der Waals surface area contributed by atoms with E-state index in [2.05, 4.69) is 48.6 Å². The maximum Gasteiger partial charge on any atom is 0.0445 e. The summed E-state index contributed by atoms with van der Waals surface area (Å²) in [5.74, 6) is 0. The average Bonchev–Trinajstić information content (AvgIpc) is 2.34. The number of hydrogen-bond donors (Lipinski definition) is 1. The number of rotatable bonds is 7. The van der Waals surface area contributed by atoms with Crippen molar-refractivity contribution in [2.45, 2.75) is 33.4 Å². The second-order valence-corrected chi connectivity index (χ2v) is 4.37. The fourth-order valence-electron chi connectivity index (χ4n) is 1.73. The molecule has 0 unspecified atom stereocenters. The van der Waals surface area contributed by atoms with Gasteiger partial charge in [-0.1, -0.05) is 19.9 Å². The van der Waals surface area contributed by atoms with Gasteiger partial charge in [0.15, 0.2) is 0 Å². The van der Waals surface area contributed by atoms with Gasteiger partial charge in [-0.3, -0.25) is 4.98 Å². The molecule has 1 rings (SSSR count). The molecular formula is C14H23N3. The van der Waals surface area contributed by atoms with E-state index in [0.29, 0.717) is 6.04 Å². The van der Waals surface area contributed by atoms with Crippen molar-refractivity contribution in [3.63, 3.8) is 0 Å². The lowest BCUT2D eigenvalue weighted by molar-refractivity contribution is 0.587. The van der Waals surface area contributed by atoms with Crippen LogP contribution in [0.4, 0.5) is 5.69 Å². The Morgan fingerprint density at radius 3 is 2.88 bits per heavy atom. The molecule has 0 aliphatic heterocycles. The van der Waals surface area contributed by atoms with Crippen molar-refractivity contribution >= 4 is 5.69 Å². The highest BCUT2D eigenvalue weighted by Crippen LogP contribution is 2.19. The third-order valence-electron chi connectivity index (χ3n) is 2.65. The maximum atomic E-state index is 4.21. The van der Waals surface area contributed by atoms with Gasteiger partial charge in [0.25, 0.3) is 0 Å². The molecule has 0 aliphatic rings. The molecule has 1 aromatic heterocycles. The minimum atomic E-state index is 0.484. The van der Waals surface area contributed by atoms with Gasteiger partial charge in [-0.05, 0) is 13.0 Å². The van der Waals surface area contributed by atoms with Gasteiger partial charge in [-0.15, -0.1) is 6.58 Å². The Morgan fingerprint density at radius 1 is 1.53 bits per heavy atom. The Morgan fingerprint density at radius 2 is 2.29 bits per heavy atom. The molecule has 3 nitrogen and oxygen atoms in total. The SMILES string of the molecule is C=CCN(CC)c1ccncc1CNC(C)C. The summed E-state index contributed by atoms with van der Waals surface area (Å²) >= 11 is 0. The standard InChI is InChI=1S/C14H23N3/c1-5-9-17(6-2)14-7-8-15-10-13(14)11-16-12(3)4/h5,7-8,10,12,16H,1,6,9,11H2,2-4H3. The van der Waals surface area contributed by atoms with Gasteiger partial charge < -0.3 is 10.2 Å². The summed E-state index contributed by atoms with van der Waals surface area (Å²) in [5, 5.41) is 3.43. The number of anilines is 1. The maximum absolute atomic E-state index is 4.21. The van der Waals surface area contributed by atoms with Crippen LogP contribution in [0.3, 0.4) is 0 Å². The first-order chi connectivity index (χ1) is 8.19. The van der Waals surface area contributed by atoms with Gasteiger partial charge in [-0.25, -0.2) is 0 Å². The van der Waals surface area contributed by atoms with Crippen LogP contribution in [0.25, 0.3) is 0 Å². The smallest absolute Gasteiger partial charge is 0.0445 e. The van der Waals surface area contributed by atoms with Crippen LogP contribution < -0.4 is 10.2 Å². The third-order valence-corrected chi connectivity index (χ3v) is 2.65. The highest BCUT2D eigenvalue weighted by Gasteiger charge is 2.08. The van der Waals surface area contributed by atoms with Gasteiger partial charge in [-0.2, -0.15) is 0 Å². The summed E-state index contributed by atoms with van der Waals surface area (Å²) in [5.41, 5.74) is 2.49. The molecule has 0 aromatic carbocycles. The molecule has 1 aromatic rings. The van der Waals surface area contributed by atoms with Crippen LogP contribution in [-0.2, 0) is 6.54 Å². The predicted octanol–water partition coefficient (Wildman–Crippen LogP) is 2.59. The molecule has 17 heavy (non-hydrogen) atoms. The highest BCUT2D eigenvalue weighted by molar-refractivity contribution is 5.52. The summed E-state index contributed by atoms with van der Waals surface area (Å²) in [4.78, 5) is 6.51. The number of hydrogen-bond acceptors (Lipinski definition) is 3. The molecule has 3 heteroatoms. The lowest BCUT2D eigenvalue weighted by atomic mass is 10.2. The molecular weight excluding hydrogens is 210 g/mol. The summed E-state index contributed by atoms with van der Waals surface area (Å²) in [7, 11) is 0. The van der Waals surface area contributed by atoms with Crippen molar-refractivity contribution in [2.75, 3.05) is 18.0 Å². The molecule has 0 saturated carbocycles. The molecule has 0 radical (unpaired) electrons. The van der Waals surface area contributed by atoms with Crippen molar-refractivity contribution in [1.82, 2.24) is 10.3 Å². The second-order valence-electron chi connectivity index (χ2n) is 4.37. The molecule has 94 valence electrons. The summed E-state index contributed by atoms with van der Waals surface area (Å²) in [6.45, 7) is 13.0. The highest BCUT2D eigenvalue weighted by atomic mass is 15.1. The molecule has 1 heterocycles. The minimum Gasteiger partial charge on any atom is -0.368 e. The largest absolute Gasteiger partial charge is 0.368 e. The number of aromatic nitrogens is 1. The van der Waals surface area contributed by atoms with Crippen LogP contribution >= 0.6 is 0 Å². The molecule has 0 spiro atoms. The van der Waals surface area contributed by atoms with Crippen molar-refractivity contribution in [3.8, 4) is 0 Å². The number of pyridine rings is 1. The van der Waals surface area contributed by atoms with Gasteiger partial charge in [0.2, 0.25) is 0 Å². The fraction of sp³-hybridized carbons (Fsp3) is 0.500. The lowest BCUT2D eigenvalue weighted by Crippen LogP contribution is -2.27. The van der Waals surface area contributed by atoms with Crippen LogP contribution in [-0.4, -0.2) is 24.1 Å². The summed E-state index contributed by atoms with van der Waals surface area (Å²) in [6, 6.07) is 2.56. The van der Waals surface area contributed by atoms with Crippen molar-refractivity contribution < 1.29 is 0 Å². The van der Waals surface area contributed by atoms with Gasteiger partial charge in [0, 0.05) is 49.3 Å². The zero-order valence-electron chi connectivity index (χ0n) is 11.1. The molecule has 1 N–H and O–H groups in total. The Labute approximate surface area is 105 Å². The van der Waals surface area contributed by atoms with E-state index in [1.165, 1.54) is 11.3 Å².